The summed E-state index contributed by atoms with van der Waals surface area (Å²) in [5.74, 6) is 0.553. The second-order valence-electron chi connectivity index (χ2n) is 4.76. The lowest BCUT2D eigenvalue weighted by molar-refractivity contribution is -0.151. The van der Waals surface area contributed by atoms with Gasteiger partial charge in [-0.1, -0.05) is 12.8 Å². The van der Waals surface area contributed by atoms with Crippen molar-refractivity contribution >= 4 is 5.97 Å². The van der Waals surface area contributed by atoms with E-state index in [0.717, 1.165) is 13.1 Å². The molecule has 0 bridgehead atoms. The highest BCUT2D eigenvalue weighted by Crippen LogP contribution is 2.33. The Morgan fingerprint density at radius 3 is 2.33 bits per heavy atom. The van der Waals surface area contributed by atoms with Crippen LogP contribution in [-0.2, 0) is 9.53 Å². The molecule has 1 saturated carbocycles. The summed E-state index contributed by atoms with van der Waals surface area (Å²) in [5, 5.41) is 0. The second kappa shape index (κ2) is 4.97. The van der Waals surface area contributed by atoms with E-state index in [4.69, 9.17) is 4.74 Å². The average Bonchev–Trinajstić information content (AvgIpc) is 2.23. The molecule has 0 amide bonds. The van der Waals surface area contributed by atoms with Crippen molar-refractivity contribution in [3.8, 4) is 0 Å². The van der Waals surface area contributed by atoms with Crippen LogP contribution in [0.3, 0.4) is 0 Å². The third-order valence-electron chi connectivity index (χ3n) is 3.82. The van der Waals surface area contributed by atoms with Crippen LogP contribution in [0.2, 0.25) is 0 Å². The molecule has 86 valence electrons. The monoisotopic (exact) mass is 211 g/mol. The van der Waals surface area contributed by atoms with E-state index in [1.165, 1.54) is 45.6 Å². The van der Waals surface area contributed by atoms with E-state index in [1.54, 1.807) is 0 Å². The summed E-state index contributed by atoms with van der Waals surface area (Å²) in [7, 11) is 1.51. The molecule has 0 aromatic heterocycles. The molecular weight excluding hydrogens is 190 g/mol. The van der Waals surface area contributed by atoms with Crippen LogP contribution in [0.4, 0.5) is 0 Å². The Morgan fingerprint density at radius 2 is 1.87 bits per heavy atom. The molecule has 0 radical (unpaired) electrons. The molecule has 1 unspecified atom stereocenters. The maximum atomic E-state index is 11.8. The van der Waals surface area contributed by atoms with Crippen LogP contribution >= 0.6 is 0 Å². The van der Waals surface area contributed by atoms with E-state index in [9.17, 15) is 4.79 Å². The number of carbonyl (C=O) groups excluding carboxylic acids is 1. The number of rotatable bonds is 3. The van der Waals surface area contributed by atoms with Gasteiger partial charge in [0, 0.05) is 0 Å². The van der Waals surface area contributed by atoms with Crippen LogP contribution in [0.25, 0.3) is 0 Å². The number of piperidine rings is 1. The topological polar surface area (TPSA) is 29.5 Å². The zero-order valence-corrected chi connectivity index (χ0v) is 9.58. The predicted molar refractivity (Wildman–Crippen MR) is 58.6 cm³/mol. The quantitative estimate of drug-likeness (QED) is 0.667. The molecule has 1 aliphatic heterocycles. The summed E-state index contributed by atoms with van der Waals surface area (Å²) in [5.41, 5.74) is 0. The lowest BCUT2D eigenvalue weighted by atomic mass is 9.78. The van der Waals surface area contributed by atoms with Gasteiger partial charge in [-0.05, 0) is 44.7 Å². The maximum absolute atomic E-state index is 11.8. The van der Waals surface area contributed by atoms with E-state index in [0.29, 0.717) is 5.92 Å². The van der Waals surface area contributed by atoms with Gasteiger partial charge >= 0.3 is 5.97 Å². The minimum Gasteiger partial charge on any atom is -0.468 e. The van der Waals surface area contributed by atoms with Crippen LogP contribution in [0.1, 0.15) is 38.5 Å². The Labute approximate surface area is 91.8 Å². The first-order chi connectivity index (χ1) is 7.33. The molecule has 3 heteroatoms. The van der Waals surface area contributed by atoms with Gasteiger partial charge in [-0.2, -0.15) is 0 Å². The second-order valence-corrected chi connectivity index (χ2v) is 4.76. The molecule has 2 aliphatic rings. The Hall–Kier alpha value is -0.570. The zero-order valence-electron chi connectivity index (χ0n) is 9.58. The highest BCUT2D eigenvalue weighted by Gasteiger charge is 2.37. The standard InChI is InChI=1S/C12H21NO2/c1-15-12(14)11(10-6-5-7-10)13-8-3-2-4-9-13/h10-11H,2-9H2,1H3. The van der Waals surface area contributed by atoms with Crippen molar-refractivity contribution in [3.63, 3.8) is 0 Å². The zero-order chi connectivity index (χ0) is 10.7. The molecule has 0 aromatic carbocycles. The van der Waals surface area contributed by atoms with Gasteiger partial charge < -0.3 is 4.74 Å². The smallest absolute Gasteiger partial charge is 0.323 e. The first-order valence-corrected chi connectivity index (χ1v) is 6.15. The molecule has 1 heterocycles. The van der Waals surface area contributed by atoms with E-state index >= 15 is 0 Å². The normalized spacial score (nSPS) is 25.7. The van der Waals surface area contributed by atoms with Crippen molar-refractivity contribution < 1.29 is 9.53 Å². The summed E-state index contributed by atoms with van der Waals surface area (Å²) in [6.45, 7) is 2.16. The molecule has 1 saturated heterocycles. The van der Waals surface area contributed by atoms with Crippen molar-refractivity contribution in [3.05, 3.63) is 0 Å². The van der Waals surface area contributed by atoms with Crippen molar-refractivity contribution in [1.29, 1.82) is 0 Å². The van der Waals surface area contributed by atoms with Gasteiger partial charge in [0.2, 0.25) is 0 Å². The fourth-order valence-electron chi connectivity index (χ4n) is 2.71. The third kappa shape index (κ3) is 2.33. The Kier molecular flexibility index (Phi) is 3.62. The maximum Gasteiger partial charge on any atom is 0.323 e. The first-order valence-electron chi connectivity index (χ1n) is 6.15. The predicted octanol–water partition coefficient (Wildman–Crippen LogP) is 1.81. The van der Waals surface area contributed by atoms with E-state index in [2.05, 4.69) is 4.90 Å². The van der Waals surface area contributed by atoms with Crippen LogP contribution < -0.4 is 0 Å². The summed E-state index contributed by atoms with van der Waals surface area (Å²) in [6, 6.07) is 0.0593. The lowest BCUT2D eigenvalue weighted by Crippen LogP contribution is -2.50. The molecule has 2 rings (SSSR count). The van der Waals surface area contributed by atoms with Crippen LogP contribution in [0.15, 0.2) is 0 Å². The molecular formula is C12H21NO2. The molecule has 3 nitrogen and oxygen atoms in total. The molecule has 1 atom stereocenters. The first kappa shape index (κ1) is 10.9. The summed E-state index contributed by atoms with van der Waals surface area (Å²) < 4.78 is 4.94. The SMILES string of the molecule is COC(=O)C(C1CCC1)N1CCCCC1. The minimum absolute atomic E-state index is 0.0124. The van der Waals surface area contributed by atoms with E-state index in [1.807, 2.05) is 0 Å². The number of ether oxygens (including phenoxy) is 1. The van der Waals surface area contributed by atoms with E-state index < -0.39 is 0 Å². The van der Waals surface area contributed by atoms with Gasteiger partial charge in [0.15, 0.2) is 0 Å². The van der Waals surface area contributed by atoms with Gasteiger partial charge in [-0.25, -0.2) is 0 Å². The highest BCUT2D eigenvalue weighted by atomic mass is 16.5. The molecule has 15 heavy (non-hydrogen) atoms. The molecule has 0 aromatic rings. The van der Waals surface area contributed by atoms with Crippen LogP contribution in [-0.4, -0.2) is 37.1 Å². The van der Waals surface area contributed by atoms with Gasteiger partial charge in [-0.3, -0.25) is 9.69 Å². The molecule has 0 N–H and O–H groups in total. The fourth-order valence-corrected chi connectivity index (χ4v) is 2.71. The van der Waals surface area contributed by atoms with Crippen LogP contribution in [0.5, 0.6) is 0 Å². The number of methoxy groups -OCH3 is 1. The summed E-state index contributed by atoms with van der Waals surface area (Å²) >= 11 is 0. The van der Waals surface area contributed by atoms with Gasteiger partial charge in [0.05, 0.1) is 7.11 Å². The summed E-state index contributed by atoms with van der Waals surface area (Å²) in [6.07, 6.45) is 7.48. The number of nitrogens with zero attached hydrogens (tertiary/aromatic N) is 1. The Morgan fingerprint density at radius 1 is 1.20 bits per heavy atom. The molecule has 2 fully saturated rings. The minimum atomic E-state index is -0.0124. The van der Waals surface area contributed by atoms with Crippen LogP contribution in [0, 0.1) is 5.92 Å². The van der Waals surface area contributed by atoms with Crippen molar-refractivity contribution in [2.45, 2.75) is 44.6 Å². The van der Waals surface area contributed by atoms with E-state index in [-0.39, 0.29) is 12.0 Å². The lowest BCUT2D eigenvalue weighted by Gasteiger charge is -2.40. The van der Waals surface area contributed by atoms with Gasteiger partial charge in [0.1, 0.15) is 6.04 Å². The highest BCUT2D eigenvalue weighted by molar-refractivity contribution is 5.76. The summed E-state index contributed by atoms with van der Waals surface area (Å²) in [4.78, 5) is 14.1. The Balaban J connectivity index is 1.99. The number of hydrogen-bond donors (Lipinski definition) is 0. The Bertz CT molecular complexity index is 220. The van der Waals surface area contributed by atoms with Gasteiger partial charge in [-0.15, -0.1) is 0 Å². The van der Waals surface area contributed by atoms with Crippen molar-refractivity contribution in [2.24, 2.45) is 5.92 Å². The third-order valence-corrected chi connectivity index (χ3v) is 3.82. The van der Waals surface area contributed by atoms with Crippen molar-refractivity contribution in [1.82, 2.24) is 4.90 Å². The fraction of sp³-hybridized carbons (Fsp3) is 0.917. The number of hydrogen-bond acceptors (Lipinski definition) is 3. The van der Waals surface area contributed by atoms with Crippen molar-refractivity contribution in [2.75, 3.05) is 20.2 Å². The number of esters is 1. The number of carbonyl (C=O) groups is 1. The largest absolute Gasteiger partial charge is 0.468 e. The average molecular weight is 211 g/mol. The number of likely N-dealkylation sites (tertiary alicyclic amines) is 1. The molecule has 1 aliphatic carbocycles. The van der Waals surface area contributed by atoms with Gasteiger partial charge in [0.25, 0.3) is 0 Å². The molecule has 0 spiro atoms.